The molecule has 18 heavy (non-hydrogen) atoms. The molecule has 0 aliphatic rings. The minimum atomic E-state index is -0.135. The van der Waals surface area contributed by atoms with E-state index in [1.54, 1.807) is 6.07 Å². The molecule has 98 valence electrons. The first kappa shape index (κ1) is 14.7. The molecule has 1 aromatic carbocycles. The van der Waals surface area contributed by atoms with E-state index in [9.17, 15) is 4.39 Å². The number of allylic oxidation sites excluding steroid dienone is 3. The van der Waals surface area contributed by atoms with E-state index in [1.807, 2.05) is 13.0 Å². The highest BCUT2D eigenvalue weighted by atomic mass is 19.1. The highest BCUT2D eigenvalue weighted by Crippen LogP contribution is 2.24. The highest BCUT2D eigenvalue weighted by molar-refractivity contribution is 5.61. The van der Waals surface area contributed by atoms with Gasteiger partial charge in [-0.1, -0.05) is 50.6 Å². The van der Waals surface area contributed by atoms with Crippen LogP contribution < -0.4 is 0 Å². The van der Waals surface area contributed by atoms with Crippen molar-refractivity contribution in [2.75, 3.05) is 0 Å². The molecule has 0 bridgehead atoms. The van der Waals surface area contributed by atoms with Crippen LogP contribution in [0.3, 0.4) is 0 Å². The molecule has 0 saturated carbocycles. The van der Waals surface area contributed by atoms with Crippen molar-refractivity contribution < 1.29 is 4.39 Å². The molecule has 0 N–H and O–H groups in total. The van der Waals surface area contributed by atoms with Gasteiger partial charge in [-0.05, 0) is 49.0 Å². The van der Waals surface area contributed by atoms with Crippen LogP contribution in [0.1, 0.15) is 45.2 Å². The zero-order chi connectivity index (χ0) is 13.7. The highest BCUT2D eigenvalue weighted by Gasteiger charge is 2.08. The van der Waals surface area contributed by atoms with Crippen molar-refractivity contribution in [1.29, 1.82) is 0 Å². The van der Waals surface area contributed by atoms with Gasteiger partial charge >= 0.3 is 0 Å². The van der Waals surface area contributed by atoms with Gasteiger partial charge in [-0.2, -0.15) is 0 Å². The molecule has 1 heteroatoms. The van der Waals surface area contributed by atoms with E-state index >= 15 is 0 Å². The number of hydrogen-bond donors (Lipinski definition) is 0. The molecule has 0 aliphatic heterocycles. The molecule has 0 heterocycles. The van der Waals surface area contributed by atoms with Crippen LogP contribution in [0.25, 0.3) is 6.08 Å². The largest absolute Gasteiger partial charge is 0.207 e. The van der Waals surface area contributed by atoms with Gasteiger partial charge in [-0.25, -0.2) is 4.39 Å². The van der Waals surface area contributed by atoms with Crippen LogP contribution in [0.5, 0.6) is 0 Å². The summed E-state index contributed by atoms with van der Waals surface area (Å²) in [4.78, 5) is 0. The topological polar surface area (TPSA) is 0 Å². The molecule has 0 atom stereocenters. The predicted molar refractivity (Wildman–Crippen MR) is 78.0 cm³/mol. The Hall–Kier alpha value is -1.37. The standard InChI is InChI=1S/C17H23F/c1-6-8-13(4)16(12(2)3)11-15-9-7-10-17(18)14(15)5/h7-12H,6H2,1-5H3/b13-8-,16-11+. The van der Waals surface area contributed by atoms with Crippen LogP contribution in [0.2, 0.25) is 0 Å². The summed E-state index contributed by atoms with van der Waals surface area (Å²) in [5.74, 6) is 0.305. The van der Waals surface area contributed by atoms with E-state index in [0.29, 0.717) is 5.92 Å². The van der Waals surface area contributed by atoms with Gasteiger partial charge in [-0.3, -0.25) is 0 Å². The predicted octanol–water partition coefficient (Wildman–Crippen LogP) is 5.53. The molecule has 0 aromatic heterocycles. The maximum Gasteiger partial charge on any atom is 0.126 e. The van der Waals surface area contributed by atoms with Crippen LogP contribution in [-0.4, -0.2) is 0 Å². The molecular weight excluding hydrogens is 223 g/mol. The molecule has 0 aliphatic carbocycles. The summed E-state index contributed by atoms with van der Waals surface area (Å²) in [6, 6.07) is 5.25. The second kappa shape index (κ2) is 6.53. The van der Waals surface area contributed by atoms with E-state index in [2.05, 4.69) is 39.8 Å². The van der Waals surface area contributed by atoms with Gasteiger partial charge in [0.05, 0.1) is 0 Å². The second-order valence-corrected chi connectivity index (χ2v) is 5.00. The number of rotatable bonds is 4. The van der Waals surface area contributed by atoms with Gasteiger partial charge in [0.2, 0.25) is 0 Å². The van der Waals surface area contributed by atoms with E-state index in [4.69, 9.17) is 0 Å². The first-order valence-electron chi connectivity index (χ1n) is 6.61. The molecule has 1 aromatic rings. The van der Waals surface area contributed by atoms with Crippen molar-refractivity contribution in [3.63, 3.8) is 0 Å². The fraction of sp³-hybridized carbons (Fsp3) is 0.412. The fourth-order valence-electron chi connectivity index (χ4n) is 2.11. The Balaban J connectivity index is 3.25. The van der Waals surface area contributed by atoms with Crippen LogP contribution in [0, 0.1) is 18.7 Å². The Labute approximate surface area is 110 Å². The third-order valence-corrected chi connectivity index (χ3v) is 3.21. The summed E-state index contributed by atoms with van der Waals surface area (Å²) in [5, 5.41) is 0. The van der Waals surface area contributed by atoms with E-state index < -0.39 is 0 Å². The third-order valence-electron chi connectivity index (χ3n) is 3.21. The monoisotopic (exact) mass is 246 g/mol. The quantitative estimate of drug-likeness (QED) is 0.613. The van der Waals surface area contributed by atoms with Crippen molar-refractivity contribution in [1.82, 2.24) is 0 Å². The second-order valence-electron chi connectivity index (χ2n) is 5.00. The van der Waals surface area contributed by atoms with Crippen LogP contribution in [0.4, 0.5) is 4.39 Å². The zero-order valence-electron chi connectivity index (χ0n) is 12.0. The smallest absolute Gasteiger partial charge is 0.126 e. The molecule has 0 unspecified atom stereocenters. The fourth-order valence-corrected chi connectivity index (χ4v) is 2.11. The molecule has 0 fully saturated rings. The summed E-state index contributed by atoms with van der Waals surface area (Å²) < 4.78 is 13.5. The van der Waals surface area contributed by atoms with Crippen molar-refractivity contribution in [2.24, 2.45) is 5.92 Å². The minimum Gasteiger partial charge on any atom is -0.207 e. The normalized spacial score (nSPS) is 13.3. The molecular formula is C17H23F. The lowest BCUT2D eigenvalue weighted by atomic mass is 9.92. The Morgan fingerprint density at radius 2 is 2.00 bits per heavy atom. The zero-order valence-corrected chi connectivity index (χ0v) is 12.0. The lowest BCUT2D eigenvalue weighted by Crippen LogP contribution is -1.97. The van der Waals surface area contributed by atoms with Crippen molar-refractivity contribution in [3.8, 4) is 0 Å². The first-order chi connectivity index (χ1) is 8.47. The van der Waals surface area contributed by atoms with E-state index in [-0.39, 0.29) is 5.82 Å². The molecule has 0 radical (unpaired) electrons. The van der Waals surface area contributed by atoms with Gasteiger partial charge in [0, 0.05) is 0 Å². The average molecular weight is 246 g/mol. The average Bonchev–Trinajstić information content (AvgIpc) is 2.30. The van der Waals surface area contributed by atoms with E-state index in [0.717, 1.165) is 17.5 Å². The van der Waals surface area contributed by atoms with Crippen molar-refractivity contribution >= 4 is 6.08 Å². The molecule has 0 amide bonds. The SMILES string of the molecule is CC/C=C(C)\C(=C\c1cccc(F)c1C)C(C)C. The maximum absolute atomic E-state index is 13.5. The van der Waals surface area contributed by atoms with E-state index in [1.165, 1.54) is 17.2 Å². The molecule has 0 saturated heterocycles. The van der Waals surface area contributed by atoms with Crippen molar-refractivity contribution in [2.45, 2.75) is 41.0 Å². The number of benzene rings is 1. The van der Waals surface area contributed by atoms with Gasteiger partial charge in [0.25, 0.3) is 0 Å². The van der Waals surface area contributed by atoms with Crippen LogP contribution in [-0.2, 0) is 0 Å². The lowest BCUT2D eigenvalue weighted by molar-refractivity contribution is 0.618. The lowest BCUT2D eigenvalue weighted by Gasteiger charge is -2.13. The molecule has 0 spiro atoms. The van der Waals surface area contributed by atoms with Gasteiger partial charge in [0.1, 0.15) is 5.82 Å². The van der Waals surface area contributed by atoms with Crippen LogP contribution >= 0.6 is 0 Å². The molecule has 0 nitrogen and oxygen atoms in total. The number of hydrogen-bond acceptors (Lipinski definition) is 0. The summed E-state index contributed by atoms with van der Waals surface area (Å²) in [6.45, 7) is 10.4. The third kappa shape index (κ3) is 3.56. The summed E-state index contributed by atoms with van der Waals surface area (Å²) >= 11 is 0. The van der Waals surface area contributed by atoms with Crippen molar-refractivity contribution in [3.05, 3.63) is 52.4 Å². The summed E-state index contributed by atoms with van der Waals surface area (Å²) in [6.07, 6.45) is 5.36. The Kier molecular flexibility index (Phi) is 5.33. The van der Waals surface area contributed by atoms with Gasteiger partial charge in [0.15, 0.2) is 0 Å². The minimum absolute atomic E-state index is 0.135. The summed E-state index contributed by atoms with van der Waals surface area (Å²) in [5.41, 5.74) is 4.27. The van der Waals surface area contributed by atoms with Gasteiger partial charge in [-0.15, -0.1) is 0 Å². The van der Waals surface area contributed by atoms with Gasteiger partial charge < -0.3 is 0 Å². The Morgan fingerprint density at radius 1 is 1.33 bits per heavy atom. The Bertz CT molecular complexity index is 464. The summed E-state index contributed by atoms with van der Waals surface area (Å²) in [7, 11) is 0. The molecule has 1 rings (SSSR count). The maximum atomic E-state index is 13.5. The number of halogens is 1. The van der Waals surface area contributed by atoms with Crippen LogP contribution in [0.15, 0.2) is 35.4 Å². The first-order valence-corrected chi connectivity index (χ1v) is 6.61. The Morgan fingerprint density at radius 3 is 2.56 bits per heavy atom.